The van der Waals surface area contributed by atoms with Crippen molar-refractivity contribution in [1.29, 1.82) is 0 Å². The SMILES string of the molecule is Cc1cn(-c2cc(NC(=O)c3ccc(C)c(C#Cc4cnc(N)s4)c3)cc(C(F)(F)F)c2)cn1. The monoisotopic (exact) mass is 481 g/mol. The van der Waals surface area contributed by atoms with Gasteiger partial charge in [0.15, 0.2) is 5.13 Å². The summed E-state index contributed by atoms with van der Waals surface area (Å²) in [5.74, 6) is 5.38. The van der Waals surface area contributed by atoms with Gasteiger partial charge in [0.25, 0.3) is 5.91 Å². The zero-order chi connectivity index (χ0) is 24.5. The first-order valence-electron chi connectivity index (χ1n) is 9.97. The van der Waals surface area contributed by atoms with Crippen molar-refractivity contribution in [1.82, 2.24) is 14.5 Å². The Bertz CT molecular complexity index is 1440. The first kappa shape index (κ1) is 23.1. The summed E-state index contributed by atoms with van der Waals surface area (Å²) in [6.07, 6.45) is -0.00946. The number of hydrogen-bond donors (Lipinski definition) is 2. The van der Waals surface area contributed by atoms with E-state index in [0.717, 1.165) is 17.7 Å². The van der Waals surface area contributed by atoms with Crippen molar-refractivity contribution in [2.45, 2.75) is 20.0 Å². The molecule has 0 radical (unpaired) electrons. The molecule has 3 N–H and O–H groups in total. The molecule has 0 fully saturated rings. The van der Waals surface area contributed by atoms with Gasteiger partial charge in [-0.3, -0.25) is 4.79 Å². The average molecular weight is 482 g/mol. The summed E-state index contributed by atoms with van der Waals surface area (Å²) in [5, 5.41) is 2.97. The lowest BCUT2D eigenvalue weighted by atomic mass is 10.0. The number of amides is 1. The van der Waals surface area contributed by atoms with Crippen LogP contribution in [0.1, 0.15) is 37.6 Å². The Morgan fingerprint density at radius 3 is 2.56 bits per heavy atom. The normalized spacial score (nSPS) is 11.1. The van der Waals surface area contributed by atoms with Crippen LogP contribution in [0.15, 0.2) is 55.1 Å². The largest absolute Gasteiger partial charge is 0.416 e. The van der Waals surface area contributed by atoms with Gasteiger partial charge in [0.05, 0.1) is 28.7 Å². The lowest BCUT2D eigenvalue weighted by molar-refractivity contribution is -0.137. The van der Waals surface area contributed by atoms with Crippen LogP contribution in [0.2, 0.25) is 0 Å². The number of nitrogens with zero attached hydrogens (tertiary/aromatic N) is 3. The number of halogens is 3. The molecule has 2 aromatic heterocycles. The van der Waals surface area contributed by atoms with Crippen molar-refractivity contribution in [3.05, 3.63) is 87.9 Å². The van der Waals surface area contributed by atoms with E-state index in [1.54, 1.807) is 37.5 Å². The molecular weight excluding hydrogens is 463 g/mol. The summed E-state index contributed by atoms with van der Waals surface area (Å²) in [4.78, 5) is 21.6. The number of thiazole rings is 1. The van der Waals surface area contributed by atoms with Crippen molar-refractivity contribution in [3.8, 4) is 17.5 Å². The van der Waals surface area contributed by atoms with Gasteiger partial charge in [-0.2, -0.15) is 13.2 Å². The first-order valence-corrected chi connectivity index (χ1v) is 10.8. The summed E-state index contributed by atoms with van der Waals surface area (Å²) >= 11 is 1.24. The van der Waals surface area contributed by atoms with Crippen molar-refractivity contribution in [2.24, 2.45) is 0 Å². The Labute approximate surface area is 197 Å². The van der Waals surface area contributed by atoms with E-state index in [9.17, 15) is 18.0 Å². The van der Waals surface area contributed by atoms with Crippen molar-refractivity contribution in [3.63, 3.8) is 0 Å². The Kier molecular flexibility index (Phi) is 6.13. The maximum absolute atomic E-state index is 13.5. The fourth-order valence-electron chi connectivity index (χ4n) is 3.13. The molecule has 0 aliphatic heterocycles. The second kappa shape index (κ2) is 9.03. The van der Waals surface area contributed by atoms with Gasteiger partial charge in [0, 0.05) is 28.7 Å². The summed E-state index contributed by atoms with van der Waals surface area (Å²) < 4.78 is 41.9. The smallest absolute Gasteiger partial charge is 0.375 e. The Balaban J connectivity index is 1.64. The Morgan fingerprint density at radius 2 is 1.91 bits per heavy atom. The van der Waals surface area contributed by atoms with Gasteiger partial charge in [-0.15, -0.1) is 0 Å². The van der Waals surface area contributed by atoms with Gasteiger partial charge in [-0.25, -0.2) is 9.97 Å². The first-order chi connectivity index (χ1) is 16.1. The van der Waals surface area contributed by atoms with Gasteiger partial charge in [-0.05, 0) is 55.7 Å². The lowest BCUT2D eigenvalue weighted by Crippen LogP contribution is -2.14. The number of carbonyl (C=O) groups is 1. The molecule has 4 rings (SSSR count). The highest BCUT2D eigenvalue weighted by molar-refractivity contribution is 7.15. The van der Waals surface area contributed by atoms with Crippen LogP contribution < -0.4 is 11.1 Å². The number of alkyl halides is 3. The molecule has 0 saturated heterocycles. The number of nitrogen functional groups attached to an aromatic ring is 1. The number of hydrogen-bond acceptors (Lipinski definition) is 5. The molecule has 4 aromatic rings. The van der Waals surface area contributed by atoms with Gasteiger partial charge in [0.2, 0.25) is 0 Å². The van der Waals surface area contributed by atoms with E-state index in [1.165, 1.54) is 28.3 Å². The van der Waals surface area contributed by atoms with Crippen molar-refractivity contribution in [2.75, 3.05) is 11.1 Å². The number of imidazole rings is 1. The molecule has 6 nitrogen and oxygen atoms in total. The molecular formula is C24H18F3N5OS. The lowest BCUT2D eigenvalue weighted by Gasteiger charge is -2.14. The minimum Gasteiger partial charge on any atom is -0.375 e. The predicted molar refractivity (Wildman–Crippen MR) is 125 cm³/mol. The number of nitrogens with two attached hydrogens (primary N) is 1. The number of rotatable bonds is 3. The third-order valence-corrected chi connectivity index (χ3v) is 5.60. The number of aryl methyl sites for hydroxylation is 2. The molecule has 0 unspecified atom stereocenters. The summed E-state index contributed by atoms with van der Waals surface area (Å²) in [7, 11) is 0. The molecule has 0 saturated carbocycles. The number of nitrogens with one attached hydrogen (secondary N) is 1. The minimum atomic E-state index is -4.59. The van der Waals surface area contributed by atoms with Crippen LogP contribution in [0.4, 0.5) is 24.0 Å². The standard InChI is InChI=1S/C24H18F3N5OS/c1-14-3-4-17(7-16(14)5-6-21-11-29-23(28)34-21)22(33)31-19-8-18(24(25,26)27)9-20(10-19)32-12-15(2)30-13-32/h3-4,7-13H,1-2H3,(H2,28,29)(H,31,33). The van der Waals surface area contributed by atoms with Crippen LogP contribution in [0.5, 0.6) is 0 Å². The zero-order valence-electron chi connectivity index (χ0n) is 18.1. The number of carbonyl (C=O) groups excluding carboxylic acids is 1. The van der Waals surface area contributed by atoms with E-state index >= 15 is 0 Å². The van der Waals surface area contributed by atoms with Crippen molar-refractivity contribution < 1.29 is 18.0 Å². The van der Waals surface area contributed by atoms with E-state index in [0.29, 0.717) is 21.3 Å². The third-order valence-electron chi connectivity index (χ3n) is 4.86. The summed E-state index contributed by atoms with van der Waals surface area (Å²) in [5.41, 5.74) is 7.33. The van der Waals surface area contributed by atoms with Gasteiger partial charge in [0.1, 0.15) is 0 Å². The number of benzene rings is 2. The molecule has 2 aromatic carbocycles. The fourth-order valence-corrected chi connectivity index (χ4v) is 3.67. The van der Waals surface area contributed by atoms with E-state index < -0.39 is 17.6 Å². The zero-order valence-corrected chi connectivity index (χ0v) is 18.9. The van der Waals surface area contributed by atoms with E-state index in [4.69, 9.17) is 5.73 Å². The molecule has 34 heavy (non-hydrogen) atoms. The van der Waals surface area contributed by atoms with E-state index in [-0.39, 0.29) is 16.9 Å². The number of aromatic nitrogens is 3. The molecule has 172 valence electrons. The van der Waals surface area contributed by atoms with Crippen LogP contribution in [0, 0.1) is 25.7 Å². The summed E-state index contributed by atoms with van der Waals surface area (Å²) in [6, 6.07) is 8.27. The fraction of sp³-hybridized carbons (Fsp3) is 0.125. The van der Waals surface area contributed by atoms with Crippen LogP contribution in [0.3, 0.4) is 0 Å². The second-order valence-corrected chi connectivity index (χ2v) is 8.55. The average Bonchev–Trinajstić information content (AvgIpc) is 3.40. The van der Waals surface area contributed by atoms with E-state index in [2.05, 4.69) is 27.1 Å². The van der Waals surface area contributed by atoms with Crippen LogP contribution in [0.25, 0.3) is 5.69 Å². The van der Waals surface area contributed by atoms with Crippen LogP contribution >= 0.6 is 11.3 Å². The maximum Gasteiger partial charge on any atom is 0.416 e. The van der Waals surface area contributed by atoms with Gasteiger partial charge in [-0.1, -0.05) is 23.3 Å². The molecule has 0 spiro atoms. The molecule has 0 atom stereocenters. The minimum absolute atomic E-state index is 0.00882. The molecule has 2 heterocycles. The molecule has 0 bridgehead atoms. The topological polar surface area (TPSA) is 85.8 Å². The van der Waals surface area contributed by atoms with Crippen LogP contribution in [-0.4, -0.2) is 20.4 Å². The van der Waals surface area contributed by atoms with Crippen molar-refractivity contribution >= 4 is 28.1 Å². The predicted octanol–water partition coefficient (Wildman–Crippen LogP) is 5.20. The number of anilines is 2. The quantitative estimate of drug-likeness (QED) is 0.394. The Hall–Kier alpha value is -4.10. The molecule has 0 aliphatic carbocycles. The van der Waals surface area contributed by atoms with E-state index in [1.807, 2.05) is 6.92 Å². The maximum atomic E-state index is 13.5. The van der Waals surface area contributed by atoms with Crippen LogP contribution in [-0.2, 0) is 6.18 Å². The highest BCUT2D eigenvalue weighted by atomic mass is 32.1. The second-order valence-electron chi connectivity index (χ2n) is 7.49. The molecule has 1 amide bonds. The summed E-state index contributed by atoms with van der Waals surface area (Å²) in [6.45, 7) is 3.58. The van der Waals surface area contributed by atoms with Gasteiger partial charge < -0.3 is 15.6 Å². The highest BCUT2D eigenvalue weighted by Crippen LogP contribution is 2.33. The van der Waals surface area contributed by atoms with Gasteiger partial charge >= 0.3 is 6.18 Å². The Morgan fingerprint density at radius 1 is 1.12 bits per heavy atom. The highest BCUT2D eigenvalue weighted by Gasteiger charge is 2.31. The molecule has 0 aliphatic rings. The third kappa shape index (κ3) is 5.27. The molecule has 10 heteroatoms.